The molecular weight excluding hydrogens is 909 g/mol. The number of carboxylic acids is 4. The highest BCUT2D eigenvalue weighted by atomic mass is 32.2. The monoisotopic (exact) mass is 968 g/mol. The molecule has 0 aromatic carbocycles. The third-order valence-corrected chi connectivity index (χ3v) is 14.6. The fraction of sp³-hybridized carbons (Fsp3) is 0.703. The molecule has 23 heteroatoms. The summed E-state index contributed by atoms with van der Waals surface area (Å²) in [4.78, 5) is 82.3. The van der Waals surface area contributed by atoms with E-state index in [-0.39, 0.29) is 35.9 Å². The van der Waals surface area contributed by atoms with Crippen LogP contribution in [0.1, 0.15) is 76.2 Å². The van der Waals surface area contributed by atoms with Crippen LogP contribution in [0.25, 0.3) is 0 Å². The number of carbonyl (C=O) groups excluding carboxylic acids is 3. The highest BCUT2D eigenvalue weighted by Gasteiger charge is 2.58. The lowest BCUT2D eigenvalue weighted by molar-refractivity contribution is -0.160. The van der Waals surface area contributed by atoms with E-state index in [9.17, 15) is 43.8 Å². The number of carboxylic acid groups (broad SMARTS) is 4. The van der Waals surface area contributed by atoms with Gasteiger partial charge in [-0.2, -0.15) is 0 Å². The van der Waals surface area contributed by atoms with Gasteiger partial charge in [-0.1, -0.05) is 78.1 Å². The molecule has 0 spiro atoms. The quantitative estimate of drug-likeness (QED) is 0.0316. The van der Waals surface area contributed by atoms with Crippen LogP contribution in [0.15, 0.2) is 12.2 Å². The minimum Gasteiger partial charge on any atom is -0.481 e. The van der Waals surface area contributed by atoms with Gasteiger partial charge in [-0.15, -0.1) is 0 Å². The van der Waals surface area contributed by atoms with Crippen molar-refractivity contribution >= 4 is 120 Å². The highest BCUT2D eigenvalue weighted by Crippen LogP contribution is 2.51. The smallest absolute Gasteiger partial charge is 0.333 e. The Morgan fingerprint density at radius 3 is 0.983 bits per heavy atom. The molecule has 0 aliphatic heterocycles. The van der Waals surface area contributed by atoms with Gasteiger partial charge in [0, 0.05) is 26.9 Å². The van der Waals surface area contributed by atoms with E-state index in [1.807, 2.05) is 0 Å². The zero-order chi connectivity index (χ0) is 48.1. The van der Waals surface area contributed by atoms with E-state index < -0.39 is 65.6 Å². The lowest BCUT2D eigenvalue weighted by Gasteiger charge is -2.41. The summed E-state index contributed by atoms with van der Waals surface area (Å²) >= 11 is 13.8. The van der Waals surface area contributed by atoms with Crippen LogP contribution in [0.3, 0.4) is 0 Å². The van der Waals surface area contributed by atoms with Crippen LogP contribution < -0.4 is 0 Å². The van der Waals surface area contributed by atoms with Gasteiger partial charge in [0.2, 0.25) is 0 Å². The first-order chi connectivity index (χ1) is 27.1. The maximum absolute atomic E-state index is 13.0. The number of hydrogen-bond donors (Lipinski definition) is 4. The average Bonchev–Trinajstić information content (AvgIpc) is 3.11. The van der Waals surface area contributed by atoms with E-state index in [4.69, 9.17) is 53.6 Å². The van der Waals surface area contributed by atoms with Crippen LogP contribution in [0.4, 0.5) is 0 Å². The van der Waals surface area contributed by atoms with Crippen LogP contribution in [0, 0.1) is 10.8 Å². The minimum atomic E-state index is -1.72. The molecular formula is C37H60O17S6. The molecule has 0 bridgehead atoms. The Hall–Kier alpha value is -2.51. The van der Waals surface area contributed by atoms with Gasteiger partial charge in [0.25, 0.3) is 0 Å². The van der Waals surface area contributed by atoms with Crippen molar-refractivity contribution < 1.29 is 82.4 Å². The maximum Gasteiger partial charge on any atom is 0.333 e. The lowest BCUT2D eigenvalue weighted by Crippen LogP contribution is -2.54. The van der Waals surface area contributed by atoms with Crippen LogP contribution in [0.2, 0.25) is 0 Å². The SMILES string of the molecule is C=C(C)C(=O)OCCOC.CC(C)(SC(=S)SC(C)(C)C(=O)O)C(=O)O.COCCOC(=O)C(C)(SC(=S)SC(C)(C(=O)OCCOC)C(C)(C)C(=O)O)C(C)(C)C(=O)O. The van der Waals surface area contributed by atoms with Crippen LogP contribution in [0.5, 0.6) is 0 Å². The van der Waals surface area contributed by atoms with E-state index in [0.29, 0.717) is 22.3 Å². The average molecular weight is 969 g/mol. The molecule has 0 radical (unpaired) electrons. The molecule has 4 N–H and O–H groups in total. The number of ether oxygens (including phenoxy) is 6. The second-order valence-electron chi connectivity index (χ2n) is 14.6. The molecule has 0 aliphatic carbocycles. The van der Waals surface area contributed by atoms with E-state index in [0.717, 1.165) is 47.0 Å². The molecule has 0 aromatic rings. The first-order valence-electron chi connectivity index (χ1n) is 17.5. The highest BCUT2D eigenvalue weighted by molar-refractivity contribution is 8.48. The van der Waals surface area contributed by atoms with E-state index >= 15 is 0 Å². The number of thiocarbonyl (C=S) groups is 2. The van der Waals surface area contributed by atoms with Crippen LogP contribution in [-0.4, -0.2) is 149 Å². The predicted octanol–water partition coefficient (Wildman–Crippen LogP) is 6.07. The Kier molecular flexibility index (Phi) is 28.3. The van der Waals surface area contributed by atoms with Crippen LogP contribution >= 0.6 is 71.5 Å². The van der Waals surface area contributed by atoms with Crippen molar-refractivity contribution in [2.75, 3.05) is 61.0 Å². The normalized spacial score (nSPS) is 13.6. The molecule has 0 saturated heterocycles. The summed E-state index contributed by atoms with van der Waals surface area (Å²) in [5, 5.41) is 37.4. The second-order valence-corrected chi connectivity index (χ2v) is 23.1. The Balaban J connectivity index is -0.00000102. The largest absolute Gasteiger partial charge is 0.481 e. The Labute approximate surface area is 379 Å². The minimum absolute atomic E-state index is 0.0268. The molecule has 0 fully saturated rings. The predicted molar refractivity (Wildman–Crippen MR) is 242 cm³/mol. The van der Waals surface area contributed by atoms with E-state index in [1.54, 1.807) is 14.0 Å². The van der Waals surface area contributed by atoms with Gasteiger partial charge in [0.15, 0.2) is 0 Å². The molecule has 2 unspecified atom stereocenters. The Bertz CT molecular complexity index is 1450. The molecule has 60 heavy (non-hydrogen) atoms. The van der Waals surface area contributed by atoms with E-state index in [1.165, 1.54) is 83.5 Å². The van der Waals surface area contributed by atoms with Gasteiger partial charge in [-0.05, 0) is 76.2 Å². The molecule has 0 aliphatic rings. The summed E-state index contributed by atoms with van der Waals surface area (Å²) in [6.07, 6.45) is 0. The summed E-state index contributed by atoms with van der Waals surface area (Å²) in [5.41, 5.74) is -2.88. The topological polar surface area (TPSA) is 256 Å². The summed E-state index contributed by atoms with van der Waals surface area (Å²) in [6.45, 7) is 20.1. The lowest BCUT2D eigenvalue weighted by atomic mass is 9.79. The van der Waals surface area contributed by atoms with Crippen molar-refractivity contribution in [2.24, 2.45) is 10.8 Å². The zero-order valence-corrected chi connectivity index (χ0v) is 41.4. The van der Waals surface area contributed by atoms with Crippen molar-refractivity contribution in [1.29, 1.82) is 0 Å². The fourth-order valence-electron chi connectivity index (χ4n) is 3.19. The van der Waals surface area contributed by atoms with E-state index in [2.05, 4.69) is 16.1 Å². The number of esters is 3. The van der Waals surface area contributed by atoms with Gasteiger partial charge < -0.3 is 48.8 Å². The van der Waals surface area contributed by atoms with Crippen molar-refractivity contribution in [2.45, 2.75) is 95.1 Å². The first kappa shape index (κ1) is 61.8. The molecule has 0 rings (SSSR count). The van der Waals surface area contributed by atoms with Gasteiger partial charge in [0.1, 0.15) is 45.9 Å². The van der Waals surface area contributed by atoms with Crippen LogP contribution in [-0.2, 0) is 62.0 Å². The second kappa shape index (κ2) is 27.5. The number of rotatable bonds is 22. The van der Waals surface area contributed by atoms with Crippen molar-refractivity contribution in [1.82, 2.24) is 0 Å². The molecule has 0 saturated carbocycles. The van der Waals surface area contributed by atoms with Crippen molar-refractivity contribution in [3.8, 4) is 0 Å². The van der Waals surface area contributed by atoms with Gasteiger partial charge in [-0.25, -0.2) is 4.79 Å². The molecule has 2 atom stereocenters. The molecule has 0 aromatic heterocycles. The first-order valence-corrected chi connectivity index (χ1v) is 21.6. The Morgan fingerprint density at radius 2 is 0.750 bits per heavy atom. The van der Waals surface area contributed by atoms with Gasteiger partial charge >= 0.3 is 41.8 Å². The number of aliphatic carboxylic acids is 4. The summed E-state index contributed by atoms with van der Waals surface area (Å²) in [6, 6.07) is 0. The Morgan fingerprint density at radius 1 is 0.483 bits per heavy atom. The number of carbonyl (C=O) groups is 7. The number of thioether (sulfide) groups is 4. The third-order valence-electron chi connectivity index (χ3n) is 8.43. The zero-order valence-electron chi connectivity index (χ0n) is 36.5. The fourth-order valence-corrected chi connectivity index (χ4v) is 10.7. The van der Waals surface area contributed by atoms with Crippen molar-refractivity contribution in [3.05, 3.63) is 12.2 Å². The number of hydrogen-bond acceptors (Lipinski definition) is 19. The standard InChI is InChI=1S/C21H34O10S3.C9H14O4S3.C7H12O3/c1-18(2,13(22)23)20(5,15(26)30-11-9-28-7)33-17(32)34-21(6,19(3,4)14(24)25)16(27)31-12-10-29-8;1-8(2,5(10)11)15-7(14)16-9(3,4)6(12)13;1-6(2)7(8)10-5-4-9-3/h9-12H2,1-8H3,(H,22,23)(H,24,25);1-4H3,(H,10,11)(H,12,13);1,4-5H2,2-3H3. The number of methoxy groups -OCH3 is 3. The summed E-state index contributed by atoms with van der Waals surface area (Å²) in [7, 11) is 4.39. The van der Waals surface area contributed by atoms with Gasteiger partial charge in [0.05, 0.1) is 30.7 Å². The summed E-state index contributed by atoms with van der Waals surface area (Å²) < 4.78 is 24.3. The van der Waals surface area contributed by atoms with Crippen molar-refractivity contribution in [3.63, 3.8) is 0 Å². The maximum atomic E-state index is 13.0. The van der Waals surface area contributed by atoms with Gasteiger partial charge in [-0.3, -0.25) is 28.8 Å². The molecule has 346 valence electrons. The molecule has 0 heterocycles. The molecule has 0 amide bonds. The third kappa shape index (κ3) is 20.1. The molecule has 17 nitrogen and oxygen atoms in total. The summed E-state index contributed by atoms with van der Waals surface area (Å²) in [5.74, 6) is -6.55.